The van der Waals surface area contributed by atoms with Gasteiger partial charge in [-0.2, -0.15) is 0 Å². The number of ether oxygens (including phenoxy) is 2. The van der Waals surface area contributed by atoms with E-state index in [1.165, 1.54) is 7.11 Å². The molecule has 0 bridgehead atoms. The van der Waals surface area contributed by atoms with Crippen LogP contribution in [0.15, 0.2) is 48.5 Å². The lowest BCUT2D eigenvalue weighted by Crippen LogP contribution is -2.33. The van der Waals surface area contributed by atoms with Crippen molar-refractivity contribution in [2.45, 2.75) is 26.3 Å². The third kappa shape index (κ3) is 6.25. The molecule has 2 N–H and O–H groups in total. The Morgan fingerprint density at radius 2 is 1.81 bits per heavy atom. The van der Waals surface area contributed by atoms with E-state index in [9.17, 15) is 4.79 Å². The summed E-state index contributed by atoms with van der Waals surface area (Å²) in [5.74, 6) is 0.936. The van der Waals surface area contributed by atoms with Gasteiger partial charge >= 0.3 is 5.97 Å². The van der Waals surface area contributed by atoms with Crippen LogP contribution < -0.4 is 15.4 Å². The minimum absolute atomic E-state index is 0.0692. The van der Waals surface area contributed by atoms with Crippen molar-refractivity contribution in [3.63, 3.8) is 0 Å². The largest absolute Gasteiger partial charge is 0.497 e. The quantitative estimate of drug-likeness (QED) is 0.538. The van der Waals surface area contributed by atoms with Gasteiger partial charge in [0.15, 0.2) is 5.11 Å². The minimum atomic E-state index is -0.381. The number of nitrogens with one attached hydrogen (secondary N) is 2. The Balaban J connectivity index is 2.10. The van der Waals surface area contributed by atoms with Crippen molar-refractivity contribution >= 4 is 29.0 Å². The van der Waals surface area contributed by atoms with Crippen LogP contribution in [0.4, 0.5) is 5.69 Å². The zero-order chi connectivity index (χ0) is 19.8. The van der Waals surface area contributed by atoms with Gasteiger partial charge in [0.05, 0.1) is 25.8 Å². The van der Waals surface area contributed by atoms with E-state index in [2.05, 4.69) is 24.5 Å². The summed E-state index contributed by atoms with van der Waals surface area (Å²) in [6.45, 7) is 4.35. The van der Waals surface area contributed by atoms with Crippen molar-refractivity contribution in [3.05, 3.63) is 59.7 Å². The highest BCUT2D eigenvalue weighted by atomic mass is 32.1. The molecule has 1 unspecified atom stereocenters. The predicted octanol–water partition coefficient (Wildman–Crippen LogP) is 4.56. The van der Waals surface area contributed by atoms with Gasteiger partial charge in [-0.3, -0.25) is 0 Å². The summed E-state index contributed by atoms with van der Waals surface area (Å²) in [5.41, 5.74) is 2.34. The van der Waals surface area contributed by atoms with Gasteiger partial charge < -0.3 is 20.1 Å². The first kappa shape index (κ1) is 20.7. The van der Waals surface area contributed by atoms with Crippen molar-refractivity contribution in [2.24, 2.45) is 5.92 Å². The fourth-order valence-corrected chi connectivity index (χ4v) is 3.01. The van der Waals surface area contributed by atoms with Gasteiger partial charge in [0, 0.05) is 5.69 Å². The molecule has 1 atom stereocenters. The van der Waals surface area contributed by atoms with E-state index in [0.717, 1.165) is 23.4 Å². The Morgan fingerprint density at radius 1 is 1.11 bits per heavy atom. The highest BCUT2D eigenvalue weighted by Gasteiger charge is 2.15. The van der Waals surface area contributed by atoms with E-state index in [4.69, 9.17) is 21.7 Å². The van der Waals surface area contributed by atoms with Crippen LogP contribution in [0.2, 0.25) is 0 Å². The molecule has 27 heavy (non-hydrogen) atoms. The fraction of sp³-hybridized carbons (Fsp3) is 0.333. The second kappa shape index (κ2) is 9.92. The number of hydrogen-bond acceptors (Lipinski definition) is 4. The summed E-state index contributed by atoms with van der Waals surface area (Å²) >= 11 is 5.49. The maximum absolute atomic E-state index is 11.7. The molecule has 0 aliphatic rings. The van der Waals surface area contributed by atoms with Gasteiger partial charge in [-0.1, -0.05) is 32.0 Å². The molecule has 0 aromatic heterocycles. The fourth-order valence-electron chi connectivity index (χ4n) is 2.75. The number of esters is 1. The number of methoxy groups -OCH3 is 2. The Kier molecular flexibility index (Phi) is 7.61. The van der Waals surface area contributed by atoms with Crippen LogP contribution in [-0.4, -0.2) is 25.3 Å². The number of benzene rings is 2. The Hall–Kier alpha value is -2.60. The van der Waals surface area contributed by atoms with Crippen LogP contribution >= 0.6 is 12.2 Å². The van der Waals surface area contributed by atoms with E-state index in [0.29, 0.717) is 16.6 Å². The normalized spacial score (nSPS) is 11.6. The molecule has 0 fully saturated rings. The van der Waals surface area contributed by atoms with Crippen molar-refractivity contribution in [1.82, 2.24) is 5.32 Å². The van der Waals surface area contributed by atoms with E-state index >= 15 is 0 Å². The minimum Gasteiger partial charge on any atom is -0.497 e. The zero-order valence-corrected chi connectivity index (χ0v) is 16.9. The number of rotatable bonds is 7. The number of carbonyl (C=O) groups excluding carboxylic acids is 1. The molecule has 0 heterocycles. The molecule has 5 nitrogen and oxygen atoms in total. The first-order valence-corrected chi connectivity index (χ1v) is 9.23. The van der Waals surface area contributed by atoms with Crippen LogP contribution in [-0.2, 0) is 4.74 Å². The second-order valence-corrected chi connectivity index (χ2v) is 7.03. The molecule has 6 heteroatoms. The Morgan fingerprint density at radius 3 is 2.41 bits per heavy atom. The number of thiocarbonyl (C=S) groups is 1. The number of anilines is 1. The first-order valence-electron chi connectivity index (χ1n) is 8.82. The molecule has 0 amide bonds. The third-order valence-corrected chi connectivity index (χ3v) is 4.29. The summed E-state index contributed by atoms with van der Waals surface area (Å²) in [6, 6.07) is 15.1. The first-order chi connectivity index (χ1) is 12.9. The lowest BCUT2D eigenvalue weighted by Gasteiger charge is -2.23. The molecule has 0 saturated carbocycles. The molecule has 2 aromatic rings. The molecule has 144 valence electrons. The molecule has 0 aliphatic heterocycles. The summed E-state index contributed by atoms with van der Waals surface area (Å²) in [4.78, 5) is 11.7. The van der Waals surface area contributed by atoms with Crippen molar-refractivity contribution in [1.29, 1.82) is 0 Å². The van der Waals surface area contributed by atoms with Crippen molar-refractivity contribution < 1.29 is 14.3 Å². The highest BCUT2D eigenvalue weighted by molar-refractivity contribution is 7.80. The van der Waals surface area contributed by atoms with Gasteiger partial charge in [0.25, 0.3) is 0 Å². The van der Waals surface area contributed by atoms with Gasteiger partial charge in [0.1, 0.15) is 5.75 Å². The third-order valence-electron chi connectivity index (χ3n) is 4.07. The SMILES string of the molecule is COC(=O)c1cccc(NC(=S)NC(CC(C)C)c2ccc(OC)cc2)c1. The number of hydrogen-bond donors (Lipinski definition) is 2. The maximum Gasteiger partial charge on any atom is 0.337 e. The molecular weight excluding hydrogens is 360 g/mol. The summed E-state index contributed by atoms with van der Waals surface area (Å²) in [7, 11) is 3.01. The van der Waals surface area contributed by atoms with Gasteiger partial charge in [-0.05, 0) is 60.5 Å². The second-order valence-electron chi connectivity index (χ2n) is 6.63. The van der Waals surface area contributed by atoms with Gasteiger partial charge in [-0.25, -0.2) is 4.79 Å². The summed E-state index contributed by atoms with van der Waals surface area (Å²) < 4.78 is 9.99. The standard InChI is InChI=1S/C21H26N2O3S/c1-14(2)12-19(15-8-10-18(25-3)11-9-15)23-21(27)22-17-7-5-6-16(13-17)20(24)26-4/h5-11,13-14,19H,12H2,1-4H3,(H2,22,23,27). The van der Waals surface area contributed by atoms with E-state index in [1.807, 2.05) is 30.3 Å². The molecule has 0 radical (unpaired) electrons. The topological polar surface area (TPSA) is 59.6 Å². The van der Waals surface area contributed by atoms with E-state index in [1.54, 1.807) is 25.3 Å². The monoisotopic (exact) mass is 386 g/mol. The smallest absolute Gasteiger partial charge is 0.337 e. The summed E-state index contributed by atoms with van der Waals surface area (Å²) in [6.07, 6.45) is 0.927. The van der Waals surface area contributed by atoms with Crippen LogP contribution in [0.3, 0.4) is 0 Å². The zero-order valence-electron chi connectivity index (χ0n) is 16.1. The van der Waals surface area contributed by atoms with Gasteiger partial charge in [-0.15, -0.1) is 0 Å². The summed E-state index contributed by atoms with van der Waals surface area (Å²) in [5, 5.41) is 7.02. The van der Waals surface area contributed by atoms with Crippen molar-refractivity contribution in [2.75, 3.05) is 19.5 Å². The molecule has 2 aromatic carbocycles. The Labute approximate surface area is 166 Å². The highest BCUT2D eigenvalue weighted by Crippen LogP contribution is 2.24. The Bertz CT molecular complexity index is 775. The predicted molar refractivity (Wildman–Crippen MR) is 112 cm³/mol. The molecule has 2 rings (SSSR count). The van der Waals surface area contributed by atoms with Crippen molar-refractivity contribution in [3.8, 4) is 5.75 Å². The van der Waals surface area contributed by atoms with E-state index < -0.39 is 0 Å². The average molecular weight is 387 g/mol. The molecular formula is C21H26N2O3S. The number of carbonyl (C=O) groups is 1. The maximum atomic E-state index is 11.7. The van der Waals surface area contributed by atoms with Crippen LogP contribution in [0.5, 0.6) is 5.75 Å². The van der Waals surface area contributed by atoms with Crippen LogP contribution in [0.1, 0.15) is 42.2 Å². The molecule has 0 spiro atoms. The lowest BCUT2D eigenvalue weighted by molar-refractivity contribution is 0.0601. The lowest BCUT2D eigenvalue weighted by atomic mass is 9.97. The van der Waals surface area contributed by atoms with E-state index in [-0.39, 0.29) is 12.0 Å². The van der Waals surface area contributed by atoms with Crippen LogP contribution in [0.25, 0.3) is 0 Å². The van der Waals surface area contributed by atoms with Gasteiger partial charge in [0.2, 0.25) is 0 Å². The molecule has 0 saturated heterocycles. The molecule has 0 aliphatic carbocycles. The van der Waals surface area contributed by atoms with Crippen LogP contribution in [0, 0.1) is 5.92 Å². The average Bonchev–Trinajstić information content (AvgIpc) is 2.66.